The summed E-state index contributed by atoms with van der Waals surface area (Å²) in [7, 11) is 0. The topological polar surface area (TPSA) is 122 Å². The number of alkyl halides is 3. The quantitative estimate of drug-likeness (QED) is 0.483. The van der Waals surface area contributed by atoms with Crippen LogP contribution in [0, 0.1) is 0 Å². The van der Waals surface area contributed by atoms with E-state index in [9.17, 15) is 27.6 Å². The van der Waals surface area contributed by atoms with Gasteiger partial charge in [-0.25, -0.2) is 9.59 Å². The molecule has 0 heterocycles. The van der Waals surface area contributed by atoms with Crippen molar-refractivity contribution >= 4 is 17.9 Å². The number of carbonyl (C=O) groups is 3. The maximum Gasteiger partial charge on any atom is 0.389 e. The number of carboxylic acid groups (broad SMARTS) is 1. The fraction of sp³-hybridized carbons (Fsp3) is 0.700. The first-order valence-electron chi connectivity index (χ1n) is 5.74. The highest BCUT2D eigenvalue weighted by molar-refractivity contribution is 5.83. The van der Waals surface area contributed by atoms with Crippen molar-refractivity contribution in [3.63, 3.8) is 0 Å². The fourth-order valence-corrected chi connectivity index (χ4v) is 1.24. The number of primary amides is 1. The van der Waals surface area contributed by atoms with Crippen molar-refractivity contribution in [1.82, 2.24) is 10.6 Å². The minimum absolute atomic E-state index is 0.194. The minimum Gasteiger partial charge on any atom is -0.480 e. The number of carbonyl (C=O) groups excluding carboxylic acids is 2. The van der Waals surface area contributed by atoms with Crippen LogP contribution in [0.5, 0.6) is 0 Å². The molecule has 0 fully saturated rings. The van der Waals surface area contributed by atoms with Gasteiger partial charge in [0.25, 0.3) is 0 Å². The van der Waals surface area contributed by atoms with Crippen molar-refractivity contribution in [1.29, 1.82) is 0 Å². The Balaban J connectivity index is 4.01. The molecule has 1 atom stereocenters. The number of hydrogen-bond acceptors (Lipinski definition) is 3. The lowest BCUT2D eigenvalue weighted by Crippen LogP contribution is -2.46. The molecule has 0 aliphatic rings. The van der Waals surface area contributed by atoms with Crippen LogP contribution >= 0.6 is 0 Å². The van der Waals surface area contributed by atoms with Gasteiger partial charge in [0.2, 0.25) is 5.91 Å². The first-order valence-corrected chi connectivity index (χ1v) is 5.74. The van der Waals surface area contributed by atoms with E-state index in [-0.39, 0.29) is 25.8 Å². The first kappa shape index (κ1) is 18.0. The fourth-order valence-electron chi connectivity index (χ4n) is 1.24. The zero-order chi connectivity index (χ0) is 15.8. The highest BCUT2D eigenvalue weighted by atomic mass is 19.4. The Kier molecular flexibility index (Phi) is 7.40. The number of carboxylic acids is 1. The van der Waals surface area contributed by atoms with Gasteiger partial charge in [0.15, 0.2) is 0 Å². The lowest BCUT2D eigenvalue weighted by atomic mass is 10.1. The van der Waals surface area contributed by atoms with Crippen LogP contribution in [0.2, 0.25) is 0 Å². The van der Waals surface area contributed by atoms with Crippen LogP contribution in [0.25, 0.3) is 0 Å². The number of hydrogen-bond donors (Lipinski definition) is 4. The molecule has 116 valence electrons. The molecule has 0 aliphatic carbocycles. The molecule has 0 rings (SSSR count). The molecular formula is C10H16F3N3O4. The largest absolute Gasteiger partial charge is 0.480 e. The molecule has 0 aromatic rings. The number of aliphatic carboxylic acids is 1. The molecular weight excluding hydrogens is 283 g/mol. The number of urea groups is 1. The van der Waals surface area contributed by atoms with E-state index in [2.05, 4.69) is 5.32 Å². The van der Waals surface area contributed by atoms with Crippen LogP contribution in [0.15, 0.2) is 0 Å². The van der Waals surface area contributed by atoms with Crippen LogP contribution in [-0.2, 0) is 9.59 Å². The van der Waals surface area contributed by atoms with Gasteiger partial charge in [-0.3, -0.25) is 4.79 Å². The average molecular weight is 299 g/mol. The summed E-state index contributed by atoms with van der Waals surface area (Å²) in [4.78, 5) is 32.5. The van der Waals surface area contributed by atoms with E-state index < -0.39 is 36.5 Å². The second-order valence-corrected chi connectivity index (χ2v) is 4.01. The molecule has 0 radical (unpaired) electrons. The molecule has 7 nitrogen and oxygen atoms in total. The van der Waals surface area contributed by atoms with E-state index in [4.69, 9.17) is 10.8 Å². The highest BCUT2D eigenvalue weighted by Crippen LogP contribution is 2.20. The number of amides is 3. The van der Waals surface area contributed by atoms with Crippen LogP contribution in [0.3, 0.4) is 0 Å². The Morgan fingerprint density at radius 1 is 1.25 bits per heavy atom. The van der Waals surface area contributed by atoms with E-state index in [1.165, 1.54) is 0 Å². The number of nitrogens with two attached hydrogens (primary N) is 1. The van der Waals surface area contributed by atoms with Crippen molar-refractivity contribution in [2.45, 2.75) is 37.9 Å². The number of rotatable bonds is 8. The predicted octanol–water partition coefficient (Wildman–Crippen LogP) is 0.347. The molecule has 0 spiro atoms. The van der Waals surface area contributed by atoms with Crippen LogP contribution in [0.1, 0.15) is 25.7 Å². The molecule has 0 aromatic heterocycles. The average Bonchev–Trinajstić information content (AvgIpc) is 2.28. The Hall–Kier alpha value is -2.00. The zero-order valence-electron chi connectivity index (χ0n) is 10.5. The SMILES string of the molecule is NC(=O)CC[C@@H](NC(=O)NCCCC(F)(F)F)C(=O)O. The Morgan fingerprint density at radius 3 is 2.30 bits per heavy atom. The molecule has 0 saturated carbocycles. The summed E-state index contributed by atoms with van der Waals surface area (Å²) in [6, 6.07) is -2.24. The molecule has 3 amide bonds. The van der Waals surface area contributed by atoms with E-state index in [1.807, 2.05) is 5.32 Å². The van der Waals surface area contributed by atoms with Crippen molar-refractivity contribution in [3.8, 4) is 0 Å². The maximum atomic E-state index is 11.8. The molecule has 0 saturated heterocycles. The van der Waals surface area contributed by atoms with Crippen LogP contribution in [-0.4, -0.2) is 41.8 Å². The predicted molar refractivity (Wildman–Crippen MR) is 61.7 cm³/mol. The zero-order valence-corrected chi connectivity index (χ0v) is 10.5. The van der Waals surface area contributed by atoms with Gasteiger partial charge in [-0.2, -0.15) is 13.2 Å². The van der Waals surface area contributed by atoms with Gasteiger partial charge in [0, 0.05) is 19.4 Å². The third kappa shape index (κ3) is 9.97. The van der Waals surface area contributed by atoms with Gasteiger partial charge < -0.3 is 21.5 Å². The second kappa shape index (κ2) is 8.23. The molecule has 10 heteroatoms. The summed E-state index contributed by atoms with van der Waals surface area (Å²) in [5.74, 6) is -2.08. The summed E-state index contributed by atoms with van der Waals surface area (Å²) in [6.07, 6.45) is -6.08. The molecule has 5 N–H and O–H groups in total. The van der Waals surface area contributed by atoms with Gasteiger partial charge in [-0.15, -0.1) is 0 Å². The summed E-state index contributed by atoms with van der Waals surface area (Å²) < 4.78 is 35.5. The lowest BCUT2D eigenvalue weighted by molar-refractivity contribution is -0.139. The monoisotopic (exact) mass is 299 g/mol. The van der Waals surface area contributed by atoms with Crippen LogP contribution in [0.4, 0.5) is 18.0 Å². The van der Waals surface area contributed by atoms with E-state index in [1.54, 1.807) is 0 Å². The Labute approximate surface area is 112 Å². The van der Waals surface area contributed by atoms with E-state index in [0.717, 1.165) is 0 Å². The third-order valence-corrected chi connectivity index (χ3v) is 2.21. The van der Waals surface area contributed by atoms with E-state index >= 15 is 0 Å². The summed E-state index contributed by atoms with van der Waals surface area (Å²) >= 11 is 0. The molecule has 0 aliphatic heterocycles. The van der Waals surface area contributed by atoms with E-state index in [0.29, 0.717) is 0 Å². The van der Waals surface area contributed by atoms with Gasteiger partial charge in [0.1, 0.15) is 6.04 Å². The standard InChI is InChI=1S/C10H16F3N3O4/c11-10(12,13)4-1-5-15-9(20)16-6(8(18)19)2-3-7(14)17/h6H,1-5H2,(H2,14,17)(H,18,19)(H2,15,16,20)/t6-/m1/s1. The number of nitrogens with one attached hydrogen (secondary N) is 2. The summed E-state index contributed by atoms with van der Waals surface area (Å²) in [5, 5.41) is 12.9. The molecule has 20 heavy (non-hydrogen) atoms. The maximum absolute atomic E-state index is 11.8. The van der Waals surface area contributed by atoms with Crippen molar-refractivity contribution < 1.29 is 32.7 Å². The summed E-state index contributed by atoms with van der Waals surface area (Å²) in [5.41, 5.74) is 4.84. The number of halogens is 3. The van der Waals surface area contributed by atoms with Crippen molar-refractivity contribution in [3.05, 3.63) is 0 Å². The third-order valence-electron chi connectivity index (χ3n) is 2.21. The summed E-state index contributed by atoms with van der Waals surface area (Å²) in [6.45, 7) is -0.243. The Morgan fingerprint density at radius 2 is 1.85 bits per heavy atom. The van der Waals surface area contributed by atoms with Crippen molar-refractivity contribution in [2.24, 2.45) is 5.73 Å². The smallest absolute Gasteiger partial charge is 0.389 e. The normalized spacial score (nSPS) is 12.6. The minimum atomic E-state index is -4.30. The van der Waals surface area contributed by atoms with Crippen LogP contribution < -0.4 is 16.4 Å². The molecule has 0 bridgehead atoms. The van der Waals surface area contributed by atoms with Gasteiger partial charge >= 0.3 is 18.2 Å². The highest BCUT2D eigenvalue weighted by Gasteiger charge is 2.26. The van der Waals surface area contributed by atoms with Crippen molar-refractivity contribution in [2.75, 3.05) is 6.54 Å². The van der Waals surface area contributed by atoms with Gasteiger partial charge in [-0.1, -0.05) is 0 Å². The first-order chi connectivity index (χ1) is 9.11. The van der Waals surface area contributed by atoms with Gasteiger partial charge in [-0.05, 0) is 12.8 Å². The van der Waals surface area contributed by atoms with Gasteiger partial charge in [0.05, 0.1) is 0 Å². The second-order valence-electron chi connectivity index (χ2n) is 4.01. The molecule has 0 aromatic carbocycles. The lowest BCUT2D eigenvalue weighted by Gasteiger charge is -2.14. The Bertz CT molecular complexity index is 360. The molecule has 0 unspecified atom stereocenters.